The molecule has 5 heteroatoms. The third kappa shape index (κ3) is 2.34. The third-order valence-corrected chi connectivity index (χ3v) is 3.54. The fraction of sp³-hybridized carbons (Fsp3) is 0. The molecule has 4 nitrogen and oxygen atoms in total. The number of hydrogen-bond acceptors (Lipinski definition) is 4. The molecule has 0 aliphatic rings. The van der Waals surface area contributed by atoms with Gasteiger partial charge in [0.25, 0.3) is 0 Å². The van der Waals surface area contributed by atoms with Gasteiger partial charge in [0.05, 0.1) is 5.69 Å². The van der Waals surface area contributed by atoms with E-state index in [2.05, 4.69) is 15.0 Å². The molecule has 0 saturated carbocycles. The van der Waals surface area contributed by atoms with E-state index in [1.54, 1.807) is 0 Å². The monoisotopic (exact) mass is 307 g/mol. The molecular weight excluding hydrogens is 298 g/mol. The molecule has 0 aliphatic heterocycles. The summed E-state index contributed by atoms with van der Waals surface area (Å²) >= 11 is 6.03. The van der Waals surface area contributed by atoms with Crippen molar-refractivity contribution < 1.29 is 4.42 Å². The predicted octanol–water partition coefficient (Wildman–Crippen LogP) is 4.61. The van der Waals surface area contributed by atoms with Gasteiger partial charge in [0.2, 0.25) is 5.89 Å². The van der Waals surface area contributed by atoms with Gasteiger partial charge in [-0.3, -0.25) is 0 Å². The van der Waals surface area contributed by atoms with Gasteiger partial charge in [0.15, 0.2) is 5.58 Å². The van der Waals surface area contributed by atoms with Crippen molar-refractivity contribution in [1.82, 2.24) is 15.0 Å². The van der Waals surface area contributed by atoms with Crippen LogP contribution in [0.2, 0.25) is 5.02 Å². The van der Waals surface area contributed by atoms with Gasteiger partial charge in [-0.15, -0.1) is 0 Å². The van der Waals surface area contributed by atoms with Gasteiger partial charge in [-0.2, -0.15) is 0 Å². The molecule has 2 heterocycles. The van der Waals surface area contributed by atoms with Gasteiger partial charge >= 0.3 is 0 Å². The summed E-state index contributed by atoms with van der Waals surface area (Å²) in [5.74, 6) is 0.479. The third-order valence-electron chi connectivity index (χ3n) is 3.30. The smallest absolute Gasteiger partial charge is 0.246 e. The van der Waals surface area contributed by atoms with Crippen LogP contribution in [0.3, 0.4) is 0 Å². The van der Waals surface area contributed by atoms with Crippen LogP contribution in [0.25, 0.3) is 33.9 Å². The number of benzene rings is 2. The number of aromatic nitrogens is 3. The normalized spacial score (nSPS) is 11.0. The summed E-state index contributed by atoms with van der Waals surface area (Å²) in [7, 11) is 0. The first-order valence-electron chi connectivity index (χ1n) is 6.73. The molecule has 106 valence electrons. The van der Waals surface area contributed by atoms with Crippen molar-refractivity contribution in [2.45, 2.75) is 0 Å². The van der Waals surface area contributed by atoms with E-state index in [4.69, 9.17) is 16.0 Å². The van der Waals surface area contributed by atoms with Crippen LogP contribution in [0.5, 0.6) is 0 Å². The van der Waals surface area contributed by atoms with E-state index in [-0.39, 0.29) is 0 Å². The molecule has 4 aromatic rings. The summed E-state index contributed by atoms with van der Waals surface area (Å²) in [6, 6.07) is 17.0. The van der Waals surface area contributed by atoms with Crippen molar-refractivity contribution >= 4 is 22.7 Å². The number of nitrogens with zero attached hydrogens (tertiary/aromatic N) is 3. The van der Waals surface area contributed by atoms with E-state index in [1.165, 1.54) is 6.33 Å². The lowest BCUT2D eigenvalue weighted by atomic mass is 10.1. The average Bonchev–Trinajstić information content (AvgIpc) is 2.99. The zero-order chi connectivity index (χ0) is 14.9. The van der Waals surface area contributed by atoms with Crippen LogP contribution in [0, 0.1) is 0 Å². The van der Waals surface area contributed by atoms with Crippen molar-refractivity contribution in [1.29, 1.82) is 0 Å². The number of para-hydroxylation sites is 2. The van der Waals surface area contributed by atoms with Crippen molar-refractivity contribution in [3.63, 3.8) is 0 Å². The molecule has 0 bridgehead atoms. The molecule has 0 N–H and O–H groups in total. The number of rotatable bonds is 2. The fourth-order valence-corrected chi connectivity index (χ4v) is 2.45. The maximum Gasteiger partial charge on any atom is 0.246 e. The van der Waals surface area contributed by atoms with Gasteiger partial charge in [-0.25, -0.2) is 15.0 Å². The van der Waals surface area contributed by atoms with Crippen LogP contribution in [0.15, 0.2) is 65.3 Å². The molecule has 0 radical (unpaired) electrons. The topological polar surface area (TPSA) is 51.8 Å². The highest BCUT2D eigenvalue weighted by atomic mass is 35.5. The SMILES string of the molecule is Clc1cccc(-c2cc(-c3nc4ccccc4o3)ncn2)c1. The largest absolute Gasteiger partial charge is 0.435 e. The lowest BCUT2D eigenvalue weighted by molar-refractivity contribution is 0.616. The zero-order valence-corrected chi connectivity index (χ0v) is 12.2. The molecule has 0 fully saturated rings. The first-order valence-corrected chi connectivity index (χ1v) is 7.11. The number of hydrogen-bond donors (Lipinski definition) is 0. The lowest BCUT2D eigenvalue weighted by Crippen LogP contribution is -1.89. The van der Waals surface area contributed by atoms with Crippen LogP contribution >= 0.6 is 11.6 Å². The molecule has 2 aromatic heterocycles. The number of fused-ring (bicyclic) bond motifs is 1. The van der Waals surface area contributed by atoms with Crippen molar-refractivity contribution in [3.8, 4) is 22.8 Å². The van der Waals surface area contributed by atoms with Crippen LogP contribution in [-0.2, 0) is 0 Å². The Morgan fingerprint density at radius 1 is 0.864 bits per heavy atom. The molecule has 2 aromatic carbocycles. The molecule has 22 heavy (non-hydrogen) atoms. The summed E-state index contributed by atoms with van der Waals surface area (Å²) in [5, 5.41) is 0.666. The standard InChI is InChI=1S/C17H10ClN3O/c18-12-5-3-4-11(8-12)14-9-15(20-10-19-14)17-21-13-6-1-2-7-16(13)22-17/h1-10H. The highest BCUT2D eigenvalue weighted by Crippen LogP contribution is 2.26. The summed E-state index contributed by atoms with van der Waals surface area (Å²) < 4.78 is 5.74. The first kappa shape index (κ1) is 13.0. The van der Waals surface area contributed by atoms with Crippen LogP contribution < -0.4 is 0 Å². The summed E-state index contributed by atoms with van der Waals surface area (Å²) in [4.78, 5) is 13.0. The minimum Gasteiger partial charge on any atom is -0.435 e. The minimum atomic E-state index is 0.479. The summed E-state index contributed by atoms with van der Waals surface area (Å²) in [6.45, 7) is 0. The van der Waals surface area contributed by atoms with E-state index in [0.717, 1.165) is 22.4 Å². The summed E-state index contributed by atoms with van der Waals surface area (Å²) in [5.41, 5.74) is 3.88. The Morgan fingerprint density at radius 2 is 1.73 bits per heavy atom. The van der Waals surface area contributed by atoms with Gasteiger partial charge < -0.3 is 4.42 Å². The Bertz CT molecular complexity index is 932. The zero-order valence-electron chi connectivity index (χ0n) is 11.4. The quantitative estimate of drug-likeness (QED) is 0.543. The summed E-state index contributed by atoms with van der Waals surface area (Å²) in [6.07, 6.45) is 1.50. The Balaban J connectivity index is 1.81. The van der Waals surface area contributed by atoms with E-state index in [1.807, 2.05) is 54.6 Å². The number of oxazole rings is 1. The van der Waals surface area contributed by atoms with Gasteiger partial charge in [-0.1, -0.05) is 35.9 Å². The van der Waals surface area contributed by atoms with Crippen molar-refractivity contribution in [3.05, 3.63) is 65.9 Å². The first-order chi connectivity index (χ1) is 10.8. The Kier molecular flexibility index (Phi) is 3.09. The second-order valence-corrected chi connectivity index (χ2v) is 5.22. The molecule has 4 rings (SSSR count). The highest BCUT2D eigenvalue weighted by molar-refractivity contribution is 6.30. The van der Waals surface area contributed by atoms with Crippen LogP contribution in [-0.4, -0.2) is 15.0 Å². The van der Waals surface area contributed by atoms with Crippen LogP contribution in [0.1, 0.15) is 0 Å². The Labute approximate surface area is 131 Å². The minimum absolute atomic E-state index is 0.479. The average molecular weight is 308 g/mol. The van der Waals surface area contributed by atoms with E-state index < -0.39 is 0 Å². The van der Waals surface area contributed by atoms with Gasteiger partial charge in [0, 0.05) is 10.6 Å². The molecule has 0 saturated heterocycles. The molecule has 0 spiro atoms. The van der Waals surface area contributed by atoms with Gasteiger partial charge in [-0.05, 0) is 30.3 Å². The van der Waals surface area contributed by atoms with E-state index >= 15 is 0 Å². The second-order valence-electron chi connectivity index (χ2n) is 4.79. The molecular formula is C17H10ClN3O. The number of halogens is 1. The maximum atomic E-state index is 6.03. The fourth-order valence-electron chi connectivity index (χ4n) is 2.26. The molecule has 0 amide bonds. The van der Waals surface area contributed by atoms with Crippen molar-refractivity contribution in [2.75, 3.05) is 0 Å². The van der Waals surface area contributed by atoms with Gasteiger partial charge in [0.1, 0.15) is 17.5 Å². The predicted molar refractivity (Wildman–Crippen MR) is 85.5 cm³/mol. The Hall–Kier alpha value is -2.72. The van der Waals surface area contributed by atoms with Crippen molar-refractivity contribution in [2.24, 2.45) is 0 Å². The second kappa shape index (κ2) is 5.24. The molecule has 0 atom stereocenters. The lowest BCUT2D eigenvalue weighted by Gasteiger charge is -2.02. The van der Waals surface area contributed by atoms with E-state index in [0.29, 0.717) is 16.6 Å². The van der Waals surface area contributed by atoms with E-state index in [9.17, 15) is 0 Å². The molecule has 0 aliphatic carbocycles. The molecule has 0 unspecified atom stereocenters. The Morgan fingerprint density at radius 3 is 2.59 bits per heavy atom. The van der Waals surface area contributed by atoms with Crippen LogP contribution in [0.4, 0.5) is 0 Å². The highest BCUT2D eigenvalue weighted by Gasteiger charge is 2.11. The maximum absolute atomic E-state index is 6.03.